The van der Waals surface area contributed by atoms with Crippen LogP contribution in [-0.2, 0) is 22.5 Å². The van der Waals surface area contributed by atoms with Crippen molar-refractivity contribution in [1.82, 2.24) is 29.2 Å². The lowest BCUT2D eigenvalue weighted by atomic mass is 10.0. The maximum absolute atomic E-state index is 14.0. The van der Waals surface area contributed by atoms with Crippen LogP contribution in [0.2, 0.25) is 0 Å². The number of rotatable bonds is 7. The van der Waals surface area contributed by atoms with Crippen molar-refractivity contribution in [3.8, 4) is 16.5 Å². The van der Waals surface area contributed by atoms with Crippen molar-refractivity contribution in [3.63, 3.8) is 0 Å². The smallest absolute Gasteiger partial charge is 0.302 e. The van der Waals surface area contributed by atoms with Crippen LogP contribution >= 0.6 is 11.3 Å². The van der Waals surface area contributed by atoms with Crippen molar-refractivity contribution in [2.45, 2.75) is 58.9 Å². The second-order valence-corrected chi connectivity index (χ2v) is 11.6. The van der Waals surface area contributed by atoms with Crippen LogP contribution in [0.15, 0.2) is 41.6 Å². The van der Waals surface area contributed by atoms with Gasteiger partial charge in [0.25, 0.3) is 5.91 Å². The van der Waals surface area contributed by atoms with Gasteiger partial charge in [-0.25, -0.2) is 18.8 Å². The molecule has 41 heavy (non-hydrogen) atoms. The molecule has 4 aromatic rings. The summed E-state index contributed by atoms with van der Waals surface area (Å²) in [7, 11) is 0. The van der Waals surface area contributed by atoms with Gasteiger partial charge in [-0.2, -0.15) is 0 Å². The first-order valence-corrected chi connectivity index (χ1v) is 14.1. The fourth-order valence-corrected chi connectivity index (χ4v) is 5.83. The van der Waals surface area contributed by atoms with Gasteiger partial charge in [0.15, 0.2) is 5.69 Å². The third-order valence-corrected chi connectivity index (χ3v) is 7.66. The minimum atomic E-state index is -0.687. The highest BCUT2D eigenvalue weighted by Crippen LogP contribution is 2.30. The molecule has 4 heterocycles. The van der Waals surface area contributed by atoms with Gasteiger partial charge < -0.3 is 24.6 Å². The molecule has 5 rings (SSSR count). The Kier molecular flexibility index (Phi) is 7.91. The third kappa shape index (κ3) is 6.00. The predicted octanol–water partition coefficient (Wildman–Crippen LogP) is 2.83. The van der Waals surface area contributed by atoms with Gasteiger partial charge in [0.1, 0.15) is 17.4 Å². The van der Waals surface area contributed by atoms with Gasteiger partial charge in [-0.05, 0) is 45.4 Å². The zero-order valence-electron chi connectivity index (χ0n) is 23.1. The number of hydrogen-bond donors (Lipinski definition) is 2. The third-order valence-electron chi connectivity index (χ3n) is 6.66. The minimum Gasteiger partial charge on any atom is -0.501 e. The molecule has 13 heteroatoms. The number of aromatic hydroxyl groups is 1. The SMILES string of the molecule is CC(C)NC(=O)c1cc(F)ccc1Cc1cnc(-c2nc3n(CC(=O)N4C[C@H](C)O[C@@H](C)C4)ccn3c(=O)c2O)s1. The molecular weight excluding hydrogens is 551 g/mol. The largest absolute Gasteiger partial charge is 0.501 e. The highest BCUT2D eigenvalue weighted by atomic mass is 32.1. The first-order valence-electron chi connectivity index (χ1n) is 13.3. The van der Waals surface area contributed by atoms with E-state index in [-0.39, 0.29) is 60.1 Å². The van der Waals surface area contributed by atoms with Crippen molar-refractivity contribution in [1.29, 1.82) is 0 Å². The summed E-state index contributed by atoms with van der Waals surface area (Å²) in [5.74, 6) is -1.42. The molecule has 2 amide bonds. The number of thiazole rings is 1. The van der Waals surface area contributed by atoms with Crippen LogP contribution in [0, 0.1) is 5.82 Å². The number of halogens is 1. The number of nitrogens with zero attached hydrogens (tertiary/aromatic N) is 5. The average molecular weight is 583 g/mol. The molecule has 0 radical (unpaired) electrons. The van der Waals surface area contributed by atoms with Gasteiger partial charge in [0, 0.05) is 54.6 Å². The summed E-state index contributed by atoms with van der Waals surface area (Å²) in [6, 6.07) is 3.93. The van der Waals surface area contributed by atoms with Crippen LogP contribution in [0.3, 0.4) is 0 Å². The Labute approximate surface area is 239 Å². The summed E-state index contributed by atoms with van der Waals surface area (Å²) in [4.78, 5) is 50.1. The fraction of sp³-hybridized carbons (Fsp3) is 0.393. The Morgan fingerprint density at radius 1 is 1.22 bits per heavy atom. The van der Waals surface area contributed by atoms with E-state index in [9.17, 15) is 23.9 Å². The Bertz CT molecular complexity index is 1670. The van der Waals surface area contributed by atoms with E-state index in [1.54, 1.807) is 27.9 Å². The van der Waals surface area contributed by atoms with Crippen LogP contribution in [0.4, 0.5) is 4.39 Å². The lowest BCUT2D eigenvalue weighted by Gasteiger charge is -2.35. The summed E-state index contributed by atoms with van der Waals surface area (Å²) >= 11 is 1.19. The molecule has 1 fully saturated rings. The highest BCUT2D eigenvalue weighted by molar-refractivity contribution is 7.15. The van der Waals surface area contributed by atoms with Gasteiger partial charge in [-0.1, -0.05) is 6.07 Å². The topological polar surface area (TPSA) is 131 Å². The molecule has 216 valence electrons. The van der Waals surface area contributed by atoms with E-state index in [1.807, 2.05) is 27.7 Å². The van der Waals surface area contributed by atoms with E-state index >= 15 is 0 Å². The molecule has 1 aliphatic rings. The highest BCUT2D eigenvalue weighted by Gasteiger charge is 2.27. The normalized spacial score (nSPS) is 17.4. The molecule has 0 aliphatic carbocycles. The summed E-state index contributed by atoms with van der Waals surface area (Å²) in [6.45, 7) is 8.37. The fourth-order valence-electron chi connectivity index (χ4n) is 4.90. The molecule has 2 atom stereocenters. The van der Waals surface area contributed by atoms with Crippen LogP contribution in [0.5, 0.6) is 5.75 Å². The van der Waals surface area contributed by atoms with Crippen LogP contribution in [0.25, 0.3) is 16.5 Å². The quantitative estimate of drug-likeness (QED) is 0.343. The Balaban J connectivity index is 1.43. The Morgan fingerprint density at radius 3 is 2.66 bits per heavy atom. The lowest BCUT2D eigenvalue weighted by molar-refractivity contribution is -0.143. The van der Waals surface area contributed by atoms with Crippen LogP contribution < -0.4 is 10.9 Å². The van der Waals surface area contributed by atoms with Gasteiger partial charge in [0.2, 0.25) is 17.4 Å². The maximum atomic E-state index is 14.0. The first kappa shape index (κ1) is 28.4. The number of fused-ring (bicyclic) bond motifs is 1. The number of aromatic nitrogens is 4. The number of carbonyl (C=O) groups excluding carboxylic acids is 2. The number of hydrogen-bond acceptors (Lipinski definition) is 8. The van der Waals surface area contributed by atoms with Gasteiger partial charge in [-0.15, -0.1) is 11.3 Å². The molecule has 1 saturated heterocycles. The Hall–Kier alpha value is -4.10. The van der Waals surface area contributed by atoms with Crippen molar-refractivity contribution < 1.29 is 23.8 Å². The molecule has 0 bridgehead atoms. The zero-order valence-corrected chi connectivity index (χ0v) is 23.9. The maximum Gasteiger partial charge on any atom is 0.302 e. The minimum absolute atomic E-state index is 0.0100. The molecule has 11 nitrogen and oxygen atoms in total. The van der Waals surface area contributed by atoms with Crippen molar-refractivity contribution in [3.05, 3.63) is 69.0 Å². The van der Waals surface area contributed by atoms with Crippen LogP contribution in [0.1, 0.15) is 48.5 Å². The molecule has 2 N–H and O–H groups in total. The number of nitrogens with one attached hydrogen (secondary N) is 1. The number of imidazole rings is 1. The van der Waals surface area contributed by atoms with Gasteiger partial charge in [0.05, 0.1) is 12.2 Å². The van der Waals surface area contributed by atoms with Gasteiger partial charge >= 0.3 is 5.56 Å². The van der Waals surface area contributed by atoms with E-state index in [0.29, 0.717) is 28.5 Å². The number of benzene rings is 1. The monoisotopic (exact) mass is 582 g/mol. The summed E-state index contributed by atoms with van der Waals surface area (Å²) in [5.41, 5.74) is 0.129. The lowest BCUT2D eigenvalue weighted by Crippen LogP contribution is -2.49. The van der Waals surface area contributed by atoms with Crippen molar-refractivity contribution in [2.75, 3.05) is 13.1 Å². The van der Waals surface area contributed by atoms with E-state index in [1.165, 1.54) is 34.1 Å². The van der Waals surface area contributed by atoms with E-state index in [0.717, 1.165) is 0 Å². The summed E-state index contributed by atoms with van der Waals surface area (Å²) in [6.07, 6.45) is 4.72. The van der Waals surface area contributed by atoms with E-state index in [2.05, 4.69) is 15.3 Å². The number of ether oxygens (including phenoxy) is 1. The zero-order chi connectivity index (χ0) is 29.4. The van der Waals surface area contributed by atoms with Crippen LogP contribution in [-0.4, -0.2) is 72.1 Å². The molecule has 3 aromatic heterocycles. The average Bonchev–Trinajstić information content (AvgIpc) is 3.53. The molecule has 0 unspecified atom stereocenters. The predicted molar refractivity (Wildman–Crippen MR) is 151 cm³/mol. The number of morpholine rings is 1. The summed E-state index contributed by atoms with van der Waals surface area (Å²) < 4.78 is 22.4. The second-order valence-electron chi connectivity index (χ2n) is 10.5. The second kappa shape index (κ2) is 11.4. The number of carbonyl (C=O) groups is 2. The Morgan fingerprint density at radius 2 is 1.95 bits per heavy atom. The van der Waals surface area contributed by atoms with Gasteiger partial charge in [-0.3, -0.25) is 14.4 Å². The number of amides is 2. The molecule has 0 saturated carbocycles. The molecule has 0 spiro atoms. The molecule has 1 aliphatic heterocycles. The van der Waals surface area contributed by atoms with Crippen molar-refractivity contribution >= 4 is 28.9 Å². The van der Waals surface area contributed by atoms with E-state index in [4.69, 9.17) is 4.74 Å². The van der Waals surface area contributed by atoms with E-state index < -0.39 is 17.1 Å². The molecular formula is C28H31FN6O5S. The standard InChI is InChI=1S/C28H31FN6O5S/c1-15(2)31-25(38)21-10-19(29)6-5-18(21)9-20-11-30-26(41-20)23-24(37)27(39)35-8-7-33(28(35)32-23)14-22(36)34-12-16(3)40-17(4)13-34/h5-8,10-11,15-17,37H,9,12-14H2,1-4H3,(H,31,38)/t16-,17-/m0/s1. The first-order chi connectivity index (χ1) is 19.5. The summed E-state index contributed by atoms with van der Waals surface area (Å²) in [5, 5.41) is 13.8. The molecule has 1 aromatic carbocycles. The van der Waals surface area contributed by atoms with Crippen molar-refractivity contribution in [2.24, 2.45) is 0 Å².